The maximum atomic E-state index is 12.2. The van der Waals surface area contributed by atoms with Crippen LogP contribution >= 0.6 is 0 Å². The van der Waals surface area contributed by atoms with Crippen molar-refractivity contribution in [3.8, 4) is 5.75 Å². The predicted molar refractivity (Wildman–Crippen MR) is 72.2 cm³/mol. The summed E-state index contributed by atoms with van der Waals surface area (Å²) in [6.45, 7) is 0.744. The van der Waals surface area contributed by atoms with Gasteiger partial charge < -0.3 is 9.64 Å². The molecule has 1 aromatic carbocycles. The van der Waals surface area contributed by atoms with E-state index < -0.39 is 18.5 Å². The molecule has 2 rings (SSSR count). The van der Waals surface area contributed by atoms with Crippen molar-refractivity contribution in [3.63, 3.8) is 0 Å². The van der Waals surface area contributed by atoms with E-state index in [4.69, 9.17) is 4.74 Å². The first kappa shape index (κ1) is 15.7. The van der Waals surface area contributed by atoms with Crippen molar-refractivity contribution in [2.24, 2.45) is 0 Å². The van der Waals surface area contributed by atoms with Crippen LogP contribution in [0.1, 0.15) is 30.7 Å². The summed E-state index contributed by atoms with van der Waals surface area (Å²) in [5, 5.41) is 0. The van der Waals surface area contributed by atoms with Gasteiger partial charge in [0.15, 0.2) is 0 Å². The van der Waals surface area contributed by atoms with Gasteiger partial charge in [-0.15, -0.1) is 0 Å². The van der Waals surface area contributed by atoms with Crippen LogP contribution < -0.4 is 4.74 Å². The van der Waals surface area contributed by atoms with E-state index in [2.05, 4.69) is 0 Å². The zero-order valence-corrected chi connectivity index (χ0v) is 11.8. The summed E-state index contributed by atoms with van der Waals surface area (Å²) in [6, 6.07) is 7.68. The summed E-state index contributed by atoms with van der Waals surface area (Å²) in [5.74, 6) is 0.199. The zero-order chi connectivity index (χ0) is 15.5. The van der Waals surface area contributed by atoms with E-state index in [1.807, 2.05) is 24.3 Å². The molecule has 3 nitrogen and oxygen atoms in total. The Hall–Kier alpha value is -1.72. The molecule has 1 amide bonds. The number of hydrogen-bond acceptors (Lipinski definition) is 2. The van der Waals surface area contributed by atoms with E-state index in [9.17, 15) is 18.0 Å². The molecule has 1 aliphatic heterocycles. The van der Waals surface area contributed by atoms with Gasteiger partial charge in [0, 0.05) is 13.1 Å². The van der Waals surface area contributed by atoms with E-state index in [-0.39, 0.29) is 5.92 Å². The number of hydrogen-bond donors (Lipinski definition) is 0. The first-order valence-electron chi connectivity index (χ1n) is 6.87. The fourth-order valence-electron chi connectivity index (χ4n) is 2.64. The van der Waals surface area contributed by atoms with Gasteiger partial charge in [0.25, 0.3) is 0 Å². The lowest BCUT2D eigenvalue weighted by Gasteiger charge is -2.32. The summed E-state index contributed by atoms with van der Waals surface area (Å²) in [7, 11) is 1.59. The summed E-state index contributed by atoms with van der Waals surface area (Å²) in [4.78, 5) is 12.9. The van der Waals surface area contributed by atoms with Gasteiger partial charge in [-0.2, -0.15) is 13.2 Å². The SMILES string of the molecule is COc1cccc(C2CCN(C(=O)CC(F)(F)F)CC2)c1. The molecule has 0 bridgehead atoms. The molecule has 0 N–H and O–H groups in total. The molecular weight excluding hydrogens is 283 g/mol. The lowest BCUT2D eigenvalue weighted by molar-refractivity contribution is -0.162. The minimum atomic E-state index is -4.43. The number of amides is 1. The van der Waals surface area contributed by atoms with Crippen LogP contribution in [-0.2, 0) is 4.79 Å². The van der Waals surface area contributed by atoms with Crippen molar-refractivity contribution < 1.29 is 22.7 Å². The van der Waals surface area contributed by atoms with Gasteiger partial charge in [-0.05, 0) is 36.5 Å². The fourth-order valence-corrected chi connectivity index (χ4v) is 2.64. The Labute approximate surface area is 121 Å². The van der Waals surface area contributed by atoms with E-state index in [1.165, 1.54) is 4.90 Å². The number of nitrogens with zero attached hydrogens (tertiary/aromatic N) is 1. The Bertz CT molecular complexity index is 494. The second-order valence-electron chi connectivity index (χ2n) is 5.22. The van der Waals surface area contributed by atoms with E-state index in [0.717, 1.165) is 11.3 Å². The molecule has 0 radical (unpaired) electrons. The highest BCUT2D eigenvalue weighted by molar-refractivity contribution is 5.77. The molecule has 0 unspecified atom stereocenters. The topological polar surface area (TPSA) is 29.5 Å². The number of ether oxygens (including phenoxy) is 1. The molecule has 0 saturated carbocycles. The van der Waals surface area contributed by atoms with Gasteiger partial charge in [0.2, 0.25) is 5.91 Å². The fraction of sp³-hybridized carbons (Fsp3) is 0.533. The number of likely N-dealkylation sites (tertiary alicyclic amines) is 1. The molecule has 0 aromatic heterocycles. The van der Waals surface area contributed by atoms with Gasteiger partial charge in [-0.1, -0.05) is 12.1 Å². The number of carbonyl (C=O) groups is 1. The molecule has 1 aliphatic rings. The first-order valence-corrected chi connectivity index (χ1v) is 6.87. The molecule has 1 fully saturated rings. The molecular formula is C15H18F3NO2. The first-order chi connectivity index (χ1) is 9.89. The quantitative estimate of drug-likeness (QED) is 0.857. The highest BCUT2D eigenvalue weighted by atomic mass is 19.4. The van der Waals surface area contributed by atoms with Gasteiger partial charge in [0.05, 0.1) is 7.11 Å². The van der Waals surface area contributed by atoms with Crippen LogP contribution in [0.5, 0.6) is 5.75 Å². The second-order valence-corrected chi connectivity index (χ2v) is 5.22. The van der Waals surface area contributed by atoms with Crippen molar-refractivity contribution in [2.45, 2.75) is 31.4 Å². The Morgan fingerprint density at radius 3 is 2.57 bits per heavy atom. The number of benzene rings is 1. The van der Waals surface area contributed by atoms with Gasteiger partial charge in [-0.3, -0.25) is 4.79 Å². The minimum Gasteiger partial charge on any atom is -0.497 e. The van der Waals surface area contributed by atoms with Crippen LogP contribution in [0.2, 0.25) is 0 Å². The highest BCUT2D eigenvalue weighted by Crippen LogP contribution is 2.31. The average Bonchev–Trinajstić information content (AvgIpc) is 2.46. The third-order valence-electron chi connectivity index (χ3n) is 3.76. The molecule has 0 spiro atoms. The Kier molecular flexibility index (Phi) is 4.75. The van der Waals surface area contributed by atoms with Crippen molar-refractivity contribution in [1.29, 1.82) is 0 Å². The average molecular weight is 301 g/mol. The molecule has 116 valence electrons. The minimum absolute atomic E-state index is 0.259. The van der Waals surface area contributed by atoms with Gasteiger partial charge in [-0.25, -0.2) is 0 Å². The number of piperidine rings is 1. The Morgan fingerprint density at radius 2 is 2.00 bits per heavy atom. The molecule has 1 aromatic rings. The number of halogens is 3. The predicted octanol–water partition coefficient (Wildman–Crippen LogP) is 3.35. The van der Waals surface area contributed by atoms with Crippen LogP contribution in [0, 0.1) is 0 Å². The van der Waals surface area contributed by atoms with E-state index >= 15 is 0 Å². The van der Waals surface area contributed by atoms with Crippen molar-refractivity contribution in [2.75, 3.05) is 20.2 Å². The van der Waals surface area contributed by atoms with Crippen LogP contribution in [0.4, 0.5) is 13.2 Å². The van der Waals surface area contributed by atoms with Crippen molar-refractivity contribution in [1.82, 2.24) is 4.90 Å². The van der Waals surface area contributed by atoms with E-state index in [1.54, 1.807) is 7.11 Å². The Morgan fingerprint density at radius 1 is 1.33 bits per heavy atom. The molecule has 1 heterocycles. The van der Waals surface area contributed by atoms with Crippen LogP contribution in [0.3, 0.4) is 0 Å². The maximum absolute atomic E-state index is 12.2. The van der Waals surface area contributed by atoms with Gasteiger partial charge >= 0.3 is 6.18 Å². The maximum Gasteiger partial charge on any atom is 0.397 e. The number of alkyl halides is 3. The Balaban J connectivity index is 1.92. The molecule has 0 aliphatic carbocycles. The lowest BCUT2D eigenvalue weighted by atomic mass is 9.89. The van der Waals surface area contributed by atoms with Crippen LogP contribution in [-0.4, -0.2) is 37.2 Å². The highest BCUT2D eigenvalue weighted by Gasteiger charge is 2.34. The monoisotopic (exact) mass is 301 g/mol. The van der Waals surface area contributed by atoms with Crippen LogP contribution in [0.25, 0.3) is 0 Å². The summed E-state index contributed by atoms with van der Waals surface area (Å²) >= 11 is 0. The van der Waals surface area contributed by atoms with Gasteiger partial charge in [0.1, 0.15) is 12.2 Å². The largest absolute Gasteiger partial charge is 0.497 e. The lowest BCUT2D eigenvalue weighted by Crippen LogP contribution is -2.39. The molecule has 0 atom stereocenters. The number of methoxy groups -OCH3 is 1. The molecule has 1 saturated heterocycles. The summed E-state index contributed by atoms with van der Waals surface area (Å²) in [5.41, 5.74) is 1.11. The van der Waals surface area contributed by atoms with Crippen LogP contribution in [0.15, 0.2) is 24.3 Å². The number of carbonyl (C=O) groups excluding carboxylic acids is 1. The third kappa shape index (κ3) is 4.37. The second kappa shape index (κ2) is 6.37. The smallest absolute Gasteiger partial charge is 0.397 e. The zero-order valence-electron chi connectivity index (χ0n) is 11.8. The third-order valence-corrected chi connectivity index (χ3v) is 3.76. The standard InChI is InChI=1S/C15H18F3NO2/c1-21-13-4-2-3-12(9-13)11-5-7-19(8-6-11)14(20)10-15(16,17)18/h2-4,9,11H,5-8,10H2,1H3. The molecule has 21 heavy (non-hydrogen) atoms. The van der Waals surface area contributed by atoms with Crippen molar-refractivity contribution >= 4 is 5.91 Å². The summed E-state index contributed by atoms with van der Waals surface area (Å²) in [6.07, 6.45) is -4.44. The van der Waals surface area contributed by atoms with Crippen molar-refractivity contribution in [3.05, 3.63) is 29.8 Å². The molecule has 6 heteroatoms. The normalized spacial score (nSPS) is 16.9. The summed E-state index contributed by atoms with van der Waals surface area (Å²) < 4.78 is 41.8. The number of rotatable bonds is 3. The van der Waals surface area contributed by atoms with E-state index in [0.29, 0.717) is 25.9 Å².